The van der Waals surface area contributed by atoms with Gasteiger partial charge in [0.15, 0.2) is 0 Å². The Kier molecular flexibility index (Phi) is 3.45. The molecule has 1 aliphatic heterocycles. The Hall–Kier alpha value is -1.51. The van der Waals surface area contributed by atoms with E-state index in [-0.39, 0.29) is 5.92 Å². The molecule has 108 valence electrons. The van der Waals surface area contributed by atoms with Crippen molar-refractivity contribution >= 4 is 5.97 Å². The van der Waals surface area contributed by atoms with Crippen LogP contribution in [-0.2, 0) is 10.2 Å². The first-order valence-electron chi connectivity index (χ1n) is 7.60. The Morgan fingerprint density at radius 3 is 2.65 bits per heavy atom. The first-order valence-corrected chi connectivity index (χ1v) is 7.60. The van der Waals surface area contributed by atoms with Crippen LogP contribution in [0, 0.1) is 11.8 Å². The highest BCUT2D eigenvalue weighted by Gasteiger charge is 2.50. The zero-order chi connectivity index (χ0) is 14.2. The van der Waals surface area contributed by atoms with E-state index in [0.717, 1.165) is 42.9 Å². The molecule has 1 aromatic carbocycles. The van der Waals surface area contributed by atoms with Crippen molar-refractivity contribution in [2.24, 2.45) is 11.8 Å². The van der Waals surface area contributed by atoms with Crippen LogP contribution in [0.5, 0.6) is 5.75 Å². The van der Waals surface area contributed by atoms with Crippen molar-refractivity contribution in [3.05, 3.63) is 29.8 Å². The van der Waals surface area contributed by atoms with Crippen molar-refractivity contribution < 1.29 is 14.6 Å². The normalized spacial score (nSPS) is 33.0. The molecular weight excluding hydrogens is 252 g/mol. The fourth-order valence-electron chi connectivity index (χ4n) is 3.99. The lowest BCUT2D eigenvalue weighted by molar-refractivity contribution is -0.148. The van der Waals surface area contributed by atoms with Crippen LogP contribution in [-0.4, -0.2) is 17.7 Å². The van der Waals surface area contributed by atoms with Gasteiger partial charge in [0.1, 0.15) is 11.2 Å². The summed E-state index contributed by atoms with van der Waals surface area (Å²) in [5.41, 5.74) is 0.146. The van der Waals surface area contributed by atoms with Crippen molar-refractivity contribution in [1.29, 1.82) is 0 Å². The molecule has 3 heteroatoms. The van der Waals surface area contributed by atoms with Crippen molar-refractivity contribution in [3.8, 4) is 5.75 Å². The molecule has 1 atom stereocenters. The van der Waals surface area contributed by atoms with Gasteiger partial charge in [-0.1, -0.05) is 38.0 Å². The van der Waals surface area contributed by atoms with Gasteiger partial charge in [-0.05, 0) is 30.7 Å². The van der Waals surface area contributed by atoms with Crippen LogP contribution < -0.4 is 4.74 Å². The highest BCUT2D eigenvalue weighted by molar-refractivity contribution is 5.83. The van der Waals surface area contributed by atoms with E-state index in [4.69, 9.17) is 4.74 Å². The van der Waals surface area contributed by atoms with Gasteiger partial charge in [-0.15, -0.1) is 0 Å². The maximum absolute atomic E-state index is 12.2. The molecular formula is C17H22O3. The van der Waals surface area contributed by atoms with Gasteiger partial charge in [-0.3, -0.25) is 4.79 Å². The zero-order valence-electron chi connectivity index (χ0n) is 12.0. The smallest absolute Gasteiger partial charge is 0.314 e. The van der Waals surface area contributed by atoms with Crippen LogP contribution in [0.15, 0.2) is 24.3 Å². The van der Waals surface area contributed by atoms with E-state index in [1.54, 1.807) is 0 Å². The molecule has 0 saturated heterocycles. The molecule has 1 heterocycles. The topological polar surface area (TPSA) is 46.5 Å². The van der Waals surface area contributed by atoms with Crippen LogP contribution in [0.3, 0.4) is 0 Å². The summed E-state index contributed by atoms with van der Waals surface area (Å²) in [5, 5.41) is 10.00. The molecule has 3 nitrogen and oxygen atoms in total. The largest absolute Gasteiger partial charge is 0.493 e. The minimum atomic E-state index is -0.741. The summed E-state index contributed by atoms with van der Waals surface area (Å²) in [6.45, 7) is 2.77. The van der Waals surface area contributed by atoms with E-state index in [0.29, 0.717) is 13.0 Å². The standard InChI is InChI=1S/C17H22O3/c1-12-6-8-13(9-7-12)17(16(18)19)10-11-20-15-5-3-2-4-14(15)17/h2-5,12-13H,6-11H2,1H3,(H,18,19). The molecule has 0 radical (unpaired) electrons. The summed E-state index contributed by atoms with van der Waals surface area (Å²) in [5.74, 6) is 1.06. The minimum Gasteiger partial charge on any atom is -0.493 e. The maximum Gasteiger partial charge on any atom is 0.314 e. The predicted octanol–water partition coefficient (Wildman–Crippen LogP) is 3.62. The molecule has 1 N–H and O–H groups in total. The summed E-state index contributed by atoms with van der Waals surface area (Å²) in [6, 6.07) is 7.69. The van der Waals surface area contributed by atoms with E-state index in [2.05, 4.69) is 6.92 Å². The van der Waals surface area contributed by atoms with Gasteiger partial charge in [0, 0.05) is 12.0 Å². The molecule has 1 unspecified atom stereocenters. The van der Waals surface area contributed by atoms with Gasteiger partial charge in [0.05, 0.1) is 6.61 Å². The second kappa shape index (κ2) is 5.12. The molecule has 0 amide bonds. The van der Waals surface area contributed by atoms with Crippen LogP contribution in [0.4, 0.5) is 0 Å². The molecule has 1 aliphatic carbocycles. The molecule has 1 aromatic rings. The van der Waals surface area contributed by atoms with Gasteiger partial charge in [-0.25, -0.2) is 0 Å². The second-order valence-corrected chi connectivity index (χ2v) is 6.33. The Balaban J connectivity index is 2.03. The van der Waals surface area contributed by atoms with Crippen molar-refractivity contribution in [2.45, 2.75) is 44.4 Å². The molecule has 0 bridgehead atoms. The van der Waals surface area contributed by atoms with Crippen LogP contribution in [0.25, 0.3) is 0 Å². The van der Waals surface area contributed by atoms with Gasteiger partial charge in [-0.2, -0.15) is 0 Å². The molecule has 1 fully saturated rings. The fraction of sp³-hybridized carbons (Fsp3) is 0.588. The molecule has 1 saturated carbocycles. The summed E-state index contributed by atoms with van der Waals surface area (Å²) >= 11 is 0. The van der Waals surface area contributed by atoms with Gasteiger partial charge in [0.25, 0.3) is 0 Å². The van der Waals surface area contributed by atoms with E-state index in [1.807, 2.05) is 24.3 Å². The van der Waals surface area contributed by atoms with Crippen LogP contribution in [0.1, 0.15) is 44.6 Å². The quantitative estimate of drug-likeness (QED) is 0.896. The lowest BCUT2D eigenvalue weighted by Crippen LogP contribution is -2.47. The number of benzene rings is 1. The summed E-state index contributed by atoms with van der Waals surface area (Å²) in [6.07, 6.45) is 4.91. The number of hydrogen-bond acceptors (Lipinski definition) is 2. The second-order valence-electron chi connectivity index (χ2n) is 6.33. The van der Waals surface area contributed by atoms with Crippen molar-refractivity contribution in [2.75, 3.05) is 6.61 Å². The van der Waals surface area contributed by atoms with Crippen LogP contribution in [0.2, 0.25) is 0 Å². The third-order valence-electron chi connectivity index (χ3n) is 5.22. The van der Waals surface area contributed by atoms with Gasteiger partial charge < -0.3 is 9.84 Å². The third kappa shape index (κ3) is 2.00. The molecule has 20 heavy (non-hydrogen) atoms. The number of carbonyl (C=O) groups is 1. The summed E-state index contributed by atoms with van der Waals surface area (Å²) in [4.78, 5) is 12.2. The highest BCUT2D eigenvalue weighted by Crippen LogP contribution is 2.49. The van der Waals surface area contributed by atoms with E-state index in [1.165, 1.54) is 0 Å². The number of aliphatic carboxylic acids is 1. The number of carboxylic acids is 1. The van der Waals surface area contributed by atoms with Crippen molar-refractivity contribution in [3.63, 3.8) is 0 Å². The summed E-state index contributed by atoms with van der Waals surface area (Å²) in [7, 11) is 0. The number of ether oxygens (including phenoxy) is 1. The Morgan fingerprint density at radius 1 is 1.25 bits per heavy atom. The van der Waals surface area contributed by atoms with Gasteiger partial charge >= 0.3 is 5.97 Å². The zero-order valence-corrected chi connectivity index (χ0v) is 12.0. The Bertz CT molecular complexity index is 503. The fourth-order valence-corrected chi connectivity index (χ4v) is 3.99. The average molecular weight is 274 g/mol. The van der Waals surface area contributed by atoms with E-state index >= 15 is 0 Å². The SMILES string of the molecule is CC1CCC(C2(C(=O)O)CCOc3ccccc32)CC1. The Morgan fingerprint density at radius 2 is 1.95 bits per heavy atom. The van der Waals surface area contributed by atoms with Crippen LogP contribution >= 0.6 is 0 Å². The van der Waals surface area contributed by atoms with E-state index in [9.17, 15) is 9.90 Å². The number of hydrogen-bond donors (Lipinski definition) is 1. The van der Waals surface area contributed by atoms with E-state index < -0.39 is 11.4 Å². The number of fused-ring (bicyclic) bond motifs is 1. The Labute approximate surface area is 120 Å². The number of para-hydroxylation sites is 1. The number of rotatable bonds is 2. The van der Waals surface area contributed by atoms with Crippen molar-refractivity contribution in [1.82, 2.24) is 0 Å². The molecule has 3 rings (SSSR count). The van der Waals surface area contributed by atoms with Gasteiger partial charge in [0.2, 0.25) is 0 Å². The average Bonchev–Trinajstić information content (AvgIpc) is 2.47. The first-order chi connectivity index (χ1) is 9.64. The third-order valence-corrected chi connectivity index (χ3v) is 5.22. The maximum atomic E-state index is 12.2. The number of carboxylic acid groups (broad SMARTS) is 1. The molecule has 2 aliphatic rings. The first kappa shape index (κ1) is 13.5. The lowest BCUT2D eigenvalue weighted by atomic mass is 9.61. The predicted molar refractivity (Wildman–Crippen MR) is 77.0 cm³/mol. The summed E-state index contributed by atoms with van der Waals surface area (Å²) < 4.78 is 5.68. The molecule has 0 spiro atoms. The molecule has 0 aromatic heterocycles. The highest BCUT2D eigenvalue weighted by atomic mass is 16.5. The minimum absolute atomic E-state index is 0.237. The monoisotopic (exact) mass is 274 g/mol. The lowest BCUT2D eigenvalue weighted by Gasteiger charge is -2.43.